The van der Waals surface area contributed by atoms with Crippen LogP contribution < -0.4 is 0 Å². The Morgan fingerprint density at radius 1 is 1.41 bits per heavy atom. The van der Waals surface area contributed by atoms with E-state index in [1.807, 2.05) is 19.2 Å². The van der Waals surface area contributed by atoms with Crippen molar-refractivity contribution in [2.75, 3.05) is 13.6 Å². The van der Waals surface area contributed by atoms with Crippen LogP contribution in [-0.4, -0.2) is 29.6 Å². The van der Waals surface area contributed by atoms with Crippen molar-refractivity contribution in [2.45, 2.75) is 32.7 Å². The highest BCUT2D eigenvalue weighted by atomic mass is 16.4. The molecule has 1 N–H and O–H groups in total. The summed E-state index contributed by atoms with van der Waals surface area (Å²) in [5.74, 6) is -0.720. The number of hydrogen-bond donors (Lipinski definition) is 1. The molecule has 0 heterocycles. The standard InChI is InChI=1S/C14H21NO2/c1-11-7-4-5-8-13(11)12(2)15(3)10-6-9-14(16)17/h4-5,7-8,12H,6,9-10H2,1-3H3,(H,16,17). The van der Waals surface area contributed by atoms with Gasteiger partial charge in [0.15, 0.2) is 0 Å². The number of carbonyl (C=O) groups is 1. The van der Waals surface area contributed by atoms with Crippen molar-refractivity contribution >= 4 is 5.97 Å². The van der Waals surface area contributed by atoms with Gasteiger partial charge in [0.25, 0.3) is 0 Å². The fourth-order valence-corrected chi connectivity index (χ4v) is 1.97. The van der Waals surface area contributed by atoms with Crippen LogP contribution in [0.25, 0.3) is 0 Å². The Morgan fingerprint density at radius 2 is 2.06 bits per heavy atom. The average molecular weight is 235 g/mol. The first kappa shape index (κ1) is 13.7. The van der Waals surface area contributed by atoms with Crippen molar-refractivity contribution in [1.82, 2.24) is 4.90 Å². The smallest absolute Gasteiger partial charge is 0.303 e. The highest BCUT2D eigenvalue weighted by Crippen LogP contribution is 2.22. The van der Waals surface area contributed by atoms with E-state index < -0.39 is 5.97 Å². The molecule has 1 rings (SSSR count). The molecule has 1 aromatic carbocycles. The number of aliphatic carboxylic acids is 1. The molecule has 0 saturated heterocycles. The molecule has 3 heteroatoms. The second kappa shape index (κ2) is 6.40. The maximum absolute atomic E-state index is 10.5. The number of carboxylic acid groups (broad SMARTS) is 1. The van der Waals surface area contributed by atoms with Gasteiger partial charge < -0.3 is 5.11 Å². The lowest BCUT2D eigenvalue weighted by molar-refractivity contribution is -0.137. The minimum absolute atomic E-state index is 0.241. The number of carboxylic acids is 1. The summed E-state index contributed by atoms with van der Waals surface area (Å²) in [6.45, 7) is 5.07. The molecular weight excluding hydrogens is 214 g/mol. The first-order chi connectivity index (χ1) is 8.02. The molecule has 0 aliphatic carbocycles. The third kappa shape index (κ3) is 4.19. The summed E-state index contributed by atoms with van der Waals surface area (Å²) in [4.78, 5) is 12.7. The van der Waals surface area contributed by atoms with Crippen LogP contribution in [0.15, 0.2) is 24.3 Å². The van der Waals surface area contributed by atoms with Gasteiger partial charge in [-0.05, 0) is 45.0 Å². The average Bonchev–Trinajstić information content (AvgIpc) is 2.28. The number of rotatable bonds is 6. The van der Waals surface area contributed by atoms with Gasteiger partial charge in [0.2, 0.25) is 0 Å². The Labute approximate surface area is 103 Å². The predicted octanol–water partition coefficient (Wildman–Crippen LogP) is 2.85. The molecule has 0 saturated carbocycles. The van der Waals surface area contributed by atoms with Crippen LogP contribution in [0.1, 0.15) is 36.9 Å². The highest BCUT2D eigenvalue weighted by molar-refractivity contribution is 5.66. The number of hydrogen-bond acceptors (Lipinski definition) is 2. The van der Waals surface area contributed by atoms with Crippen molar-refractivity contribution in [1.29, 1.82) is 0 Å². The van der Waals surface area contributed by atoms with Crippen LogP contribution in [0.5, 0.6) is 0 Å². The van der Waals surface area contributed by atoms with Gasteiger partial charge >= 0.3 is 5.97 Å². The monoisotopic (exact) mass is 235 g/mol. The summed E-state index contributed by atoms with van der Waals surface area (Å²) in [6, 6.07) is 8.65. The van der Waals surface area contributed by atoms with E-state index in [-0.39, 0.29) is 6.42 Å². The lowest BCUT2D eigenvalue weighted by Crippen LogP contribution is -2.24. The number of aryl methyl sites for hydroxylation is 1. The molecule has 0 bridgehead atoms. The zero-order valence-electron chi connectivity index (χ0n) is 10.8. The van der Waals surface area contributed by atoms with Crippen LogP contribution in [0.4, 0.5) is 0 Å². The highest BCUT2D eigenvalue weighted by Gasteiger charge is 2.13. The summed E-state index contributed by atoms with van der Waals surface area (Å²) in [5.41, 5.74) is 2.59. The van der Waals surface area contributed by atoms with Crippen molar-refractivity contribution in [3.63, 3.8) is 0 Å². The quantitative estimate of drug-likeness (QED) is 0.824. The molecule has 3 nitrogen and oxygen atoms in total. The van der Waals surface area contributed by atoms with Gasteiger partial charge in [-0.1, -0.05) is 24.3 Å². The molecule has 1 unspecified atom stereocenters. The predicted molar refractivity (Wildman–Crippen MR) is 69.1 cm³/mol. The normalized spacial score (nSPS) is 12.7. The molecule has 0 aliphatic heterocycles. The first-order valence-electron chi connectivity index (χ1n) is 6.00. The molecule has 0 fully saturated rings. The number of nitrogens with zero attached hydrogens (tertiary/aromatic N) is 1. The van der Waals surface area contributed by atoms with E-state index in [4.69, 9.17) is 5.11 Å². The molecule has 0 radical (unpaired) electrons. The van der Waals surface area contributed by atoms with Crippen LogP contribution in [0.2, 0.25) is 0 Å². The molecule has 17 heavy (non-hydrogen) atoms. The summed E-state index contributed by atoms with van der Waals surface area (Å²) in [7, 11) is 2.04. The minimum atomic E-state index is -0.720. The van der Waals surface area contributed by atoms with E-state index in [1.165, 1.54) is 11.1 Å². The van der Waals surface area contributed by atoms with Crippen molar-refractivity contribution in [3.8, 4) is 0 Å². The zero-order chi connectivity index (χ0) is 12.8. The van der Waals surface area contributed by atoms with Crippen LogP contribution in [0.3, 0.4) is 0 Å². The van der Waals surface area contributed by atoms with Crippen molar-refractivity contribution in [2.24, 2.45) is 0 Å². The Bertz CT molecular complexity index is 376. The molecule has 1 aromatic rings. The third-order valence-electron chi connectivity index (χ3n) is 3.20. The van der Waals surface area contributed by atoms with Gasteiger partial charge in [-0.2, -0.15) is 0 Å². The Morgan fingerprint density at radius 3 is 2.65 bits per heavy atom. The Hall–Kier alpha value is -1.35. The van der Waals surface area contributed by atoms with Crippen LogP contribution in [0, 0.1) is 6.92 Å². The Kier molecular flexibility index (Phi) is 5.16. The lowest BCUT2D eigenvalue weighted by atomic mass is 10.0. The topological polar surface area (TPSA) is 40.5 Å². The molecule has 0 amide bonds. The van der Waals surface area contributed by atoms with Gasteiger partial charge in [0.05, 0.1) is 0 Å². The SMILES string of the molecule is Cc1ccccc1C(C)N(C)CCCC(=O)O. The van der Waals surface area contributed by atoms with Gasteiger partial charge in [0.1, 0.15) is 0 Å². The summed E-state index contributed by atoms with van der Waals surface area (Å²) < 4.78 is 0. The van der Waals surface area contributed by atoms with E-state index in [0.29, 0.717) is 12.5 Å². The molecule has 0 aliphatic rings. The molecule has 0 aromatic heterocycles. The van der Waals surface area contributed by atoms with E-state index >= 15 is 0 Å². The van der Waals surface area contributed by atoms with E-state index in [0.717, 1.165) is 6.54 Å². The first-order valence-corrected chi connectivity index (χ1v) is 6.00. The van der Waals surface area contributed by atoms with Crippen molar-refractivity contribution < 1.29 is 9.90 Å². The molecular formula is C14H21NO2. The van der Waals surface area contributed by atoms with E-state index in [2.05, 4.69) is 30.9 Å². The maximum atomic E-state index is 10.5. The second-order valence-corrected chi connectivity index (χ2v) is 4.51. The maximum Gasteiger partial charge on any atom is 0.303 e. The second-order valence-electron chi connectivity index (χ2n) is 4.51. The fourth-order valence-electron chi connectivity index (χ4n) is 1.97. The van der Waals surface area contributed by atoms with Crippen molar-refractivity contribution in [3.05, 3.63) is 35.4 Å². The molecule has 94 valence electrons. The summed E-state index contributed by atoms with van der Waals surface area (Å²) >= 11 is 0. The minimum Gasteiger partial charge on any atom is -0.481 e. The number of benzene rings is 1. The van der Waals surface area contributed by atoms with Crippen LogP contribution >= 0.6 is 0 Å². The van der Waals surface area contributed by atoms with E-state index in [9.17, 15) is 4.79 Å². The molecule has 0 spiro atoms. The largest absolute Gasteiger partial charge is 0.481 e. The fraction of sp³-hybridized carbons (Fsp3) is 0.500. The lowest BCUT2D eigenvalue weighted by Gasteiger charge is -2.26. The Balaban J connectivity index is 2.55. The van der Waals surface area contributed by atoms with Gasteiger partial charge in [0, 0.05) is 12.5 Å². The van der Waals surface area contributed by atoms with Crippen LogP contribution in [-0.2, 0) is 4.79 Å². The zero-order valence-corrected chi connectivity index (χ0v) is 10.8. The van der Waals surface area contributed by atoms with Gasteiger partial charge in [-0.15, -0.1) is 0 Å². The third-order valence-corrected chi connectivity index (χ3v) is 3.20. The summed E-state index contributed by atoms with van der Waals surface area (Å²) in [5, 5.41) is 8.61. The van der Waals surface area contributed by atoms with E-state index in [1.54, 1.807) is 0 Å². The molecule has 1 atom stereocenters. The van der Waals surface area contributed by atoms with Gasteiger partial charge in [-0.25, -0.2) is 0 Å². The van der Waals surface area contributed by atoms with Gasteiger partial charge in [-0.3, -0.25) is 9.69 Å². The summed E-state index contributed by atoms with van der Waals surface area (Å²) in [6.07, 6.45) is 0.937.